The van der Waals surface area contributed by atoms with Gasteiger partial charge in [0, 0.05) is 0 Å². The minimum Gasteiger partial charge on any atom is -0.0651 e. The van der Waals surface area contributed by atoms with Gasteiger partial charge in [-0.05, 0) is 42.6 Å². The second-order valence-electron chi connectivity index (χ2n) is 5.36. The minimum absolute atomic E-state index is 0.942. The van der Waals surface area contributed by atoms with E-state index >= 15 is 0 Å². The molecule has 2 atom stereocenters. The summed E-state index contributed by atoms with van der Waals surface area (Å²) in [7, 11) is 0. The van der Waals surface area contributed by atoms with E-state index < -0.39 is 0 Å². The second kappa shape index (κ2) is 5.52. The molecule has 1 fully saturated rings. The highest BCUT2D eigenvalue weighted by Crippen LogP contribution is 2.41. The van der Waals surface area contributed by atoms with Crippen molar-refractivity contribution in [3.8, 4) is 0 Å². The highest BCUT2D eigenvalue weighted by atomic mass is 14.4. The highest BCUT2D eigenvalue weighted by Gasteiger charge is 2.31. The summed E-state index contributed by atoms with van der Waals surface area (Å²) in [4.78, 5) is 0. The molecule has 2 unspecified atom stereocenters. The van der Waals surface area contributed by atoms with Gasteiger partial charge < -0.3 is 0 Å². The van der Waals surface area contributed by atoms with E-state index in [1.807, 2.05) is 0 Å². The molecule has 1 aliphatic rings. The van der Waals surface area contributed by atoms with E-state index in [0.717, 1.165) is 17.8 Å². The smallest absolute Gasteiger partial charge is 0.0250 e. The van der Waals surface area contributed by atoms with Gasteiger partial charge in [0.1, 0.15) is 0 Å². The maximum absolute atomic E-state index is 2.36. The molecule has 2 rings (SSSR count). The monoisotopic (exact) mass is 216 g/mol. The number of rotatable bonds is 4. The molecule has 0 heteroatoms. The number of hydrogen-bond donors (Lipinski definition) is 0. The van der Waals surface area contributed by atoms with Crippen LogP contribution in [0.15, 0.2) is 30.3 Å². The van der Waals surface area contributed by atoms with Gasteiger partial charge in [-0.1, -0.05) is 57.0 Å². The van der Waals surface area contributed by atoms with E-state index in [9.17, 15) is 0 Å². The van der Waals surface area contributed by atoms with Gasteiger partial charge in [-0.15, -0.1) is 0 Å². The largest absolute Gasteiger partial charge is 0.0651 e. The first kappa shape index (κ1) is 11.7. The highest BCUT2D eigenvalue weighted by molar-refractivity contribution is 5.15. The van der Waals surface area contributed by atoms with E-state index in [0.29, 0.717) is 0 Å². The topological polar surface area (TPSA) is 0 Å². The Hall–Kier alpha value is -0.780. The first-order valence-corrected chi connectivity index (χ1v) is 6.87. The maximum atomic E-state index is 2.36. The summed E-state index contributed by atoms with van der Waals surface area (Å²) in [5.74, 6) is 2.94. The molecule has 1 aliphatic carbocycles. The third-order valence-corrected chi connectivity index (χ3v) is 4.35. The molecular formula is C16H24. The van der Waals surface area contributed by atoms with Crippen molar-refractivity contribution in [1.82, 2.24) is 0 Å². The summed E-state index contributed by atoms with van der Waals surface area (Å²) >= 11 is 0. The van der Waals surface area contributed by atoms with Gasteiger partial charge in [0.25, 0.3) is 0 Å². The van der Waals surface area contributed by atoms with Gasteiger partial charge in [0.2, 0.25) is 0 Å². The molecule has 1 aromatic carbocycles. The van der Waals surface area contributed by atoms with Gasteiger partial charge in [-0.2, -0.15) is 0 Å². The van der Waals surface area contributed by atoms with Crippen LogP contribution in [0.5, 0.6) is 0 Å². The van der Waals surface area contributed by atoms with Crippen molar-refractivity contribution in [1.29, 1.82) is 0 Å². The molecule has 0 radical (unpaired) electrons. The van der Waals surface area contributed by atoms with Crippen LogP contribution < -0.4 is 0 Å². The zero-order chi connectivity index (χ0) is 11.4. The Bertz CT molecular complexity index is 289. The first-order valence-electron chi connectivity index (χ1n) is 6.87. The van der Waals surface area contributed by atoms with Crippen molar-refractivity contribution in [3.63, 3.8) is 0 Å². The summed E-state index contributed by atoms with van der Waals surface area (Å²) in [6.07, 6.45) is 6.98. The zero-order valence-corrected chi connectivity index (χ0v) is 10.7. The van der Waals surface area contributed by atoms with Crippen LogP contribution in [-0.4, -0.2) is 0 Å². The Morgan fingerprint density at radius 3 is 2.00 bits per heavy atom. The van der Waals surface area contributed by atoms with Crippen molar-refractivity contribution >= 4 is 0 Å². The van der Waals surface area contributed by atoms with Crippen LogP contribution in [0.25, 0.3) is 0 Å². The quantitative estimate of drug-likeness (QED) is 0.685. The molecule has 0 heterocycles. The van der Waals surface area contributed by atoms with Gasteiger partial charge in [0.05, 0.1) is 0 Å². The molecule has 0 nitrogen and oxygen atoms in total. The van der Waals surface area contributed by atoms with Crippen LogP contribution >= 0.6 is 0 Å². The van der Waals surface area contributed by atoms with Gasteiger partial charge >= 0.3 is 0 Å². The molecule has 0 amide bonds. The summed E-state index contributed by atoms with van der Waals surface area (Å²) in [6, 6.07) is 11.0. The molecule has 1 aromatic rings. The Morgan fingerprint density at radius 1 is 0.938 bits per heavy atom. The molecule has 16 heavy (non-hydrogen) atoms. The lowest BCUT2D eigenvalue weighted by Gasteiger charge is -2.14. The molecule has 0 aliphatic heterocycles. The van der Waals surface area contributed by atoms with E-state index in [1.165, 1.54) is 37.7 Å². The van der Waals surface area contributed by atoms with Crippen LogP contribution in [0.4, 0.5) is 0 Å². The normalized spacial score (nSPS) is 29.5. The number of benzene rings is 1. The van der Waals surface area contributed by atoms with Crippen molar-refractivity contribution in [2.24, 2.45) is 17.8 Å². The van der Waals surface area contributed by atoms with Crippen LogP contribution in [0.3, 0.4) is 0 Å². The Balaban J connectivity index is 1.93. The fraction of sp³-hybridized carbons (Fsp3) is 0.625. The molecule has 0 saturated heterocycles. The van der Waals surface area contributed by atoms with Crippen molar-refractivity contribution in [2.75, 3.05) is 0 Å². The molecule has 1 saturated carbocycles. The van der Waals surface area contributed by atoms with Gasteiger partial charge in [0.15, 0.2) is 0 Å². The average Bonchev–Trinajstić information content (AvgIpc) is 2.72. The standard InChI is InChI=1S/C16H24/c1-3-15-11-14(12-16(15)4-2)10-13-8-6-5-7-9-13/h5-9,14-16H,3-4,10-12H2,1-2H3. The predicted molar refractivity (Wildman–Crippen MR) is 70.4 cm³/mol. The third kappa shape index (κ3) is 2.66. The maximum Gasteiger partial charge on any atom is -0.0250 e. The lowest BCUT2D eigenvalue weighted by molar-refractivity contribution is 0.367. The Morgan fingerprint density at radius 2 is 1.50 bits per heavy atom. The zero-order valence-electron chi connectivity index (χ0n) is 10.7. The van der Waals surface area contributed by atoms with Crippen LogP contribution in [-0.2, 0) is 6.42 Å². The minimum atomic E-state index is 0.942. The lowest BCUT2D eigenvalue weighted by atomic mass is 9.92. The van der Waals surface area contributed by atoms with E-state index in [-0.39, 0.29) is 0 Å². The van der Waals surface area contributed by atoms with Crippen molar-refractivity contribution in [3.05, 3.63) is 35.9 Å². The van der Waals surface area contributed by atoms with Crippen LogP contribution in [0.1, 0.15) is 45.1 Å². The van der Waals surface area contributed by atoms with Crippen molar-refractivity contribution < 1.29 is 0 Å². The Kier molecular flexibility index (Phi) is 4.04. The average molecular weight is 216 g/mol. The summed E-state index contributed by atoms with van der Waals surface area (Å²) in [5, 5.41) is 0. The van der Waals surface area contributed by atoms with Crippen molar-refractivity contribution in [2.45, 2.75) is 46.0 Å². The van der Waals surface area contributed by atoms with E-state index in [4.69, 9.17) is 0 Å². The summed E-state index contributed by atoms with van der Waals surface area (Å²) in [6.45, 7) is 4.72. The predicted octanol–water partition coefficient (Wildman–Crippen LogP) is 4.69. The SMILES string of the molecule is CCC1CC(Cc2ccccc2)CC1CC. The summed E-state index contributed by atoms with van der Waals surface area (Å²) in [5.41, 5.74) is 1.53. The fourth-order valence-electron chi connectivity index (χ4n) is 3.45. The fourth-order valence-corrected chi connectivity index (χ4v) is 3.45. The van der Waals surface area contributed by atoms with E-state index in [1.54, 1.807) is 0 Å². The van der Waals surface area contributed by atoms with E-state index in [2.05, 4.69) is 44.2 Å². The van der Waals surface area contributed by atoms with Gasteiger partial charge in [-0.25, -0.2) is 0 Å². The van der Waals surface area contributed by atoms with Gasteiger partial charge in [-0.3, -0.25) is 0 Å². The van der Waals surface area contributed by atoms with Crippen LogP contribution in [0, 0.1) is 17.8 Å². The molecule has 0 aromatic heterocycles. The molecular weight excluding hydrogens is 192 g/mol. The molecule has 88 valence electrons. The molecule has 0 spiro atoms. The Labute approximate surface area is 100 Å². The first-order chi connectivity index (χ1) is 7.83. The lowest BCUT2D eigenvalue weighted by Crippen LogP contribution is -2.04. The summed E-state index contributed by atoms with van der Waals surface area (Å²) < 4.78 is 0. The third-order valence-electron chi connectivity index (χ3n) is 4.35. The number of hydrogen-bond acceptors (Lipinski definition) is 0. The molecule has 0 N–H and O–H groups in total. The second-order valence-corrected chi connectivity index (χ2v) is 5.36. The van der Waals surface area contributed by atoms with Crippen LogP contribution in [0.2, 0.25) is 0 Å². The molecule has 0 bridgehead atoms.